The van der Waals surface area contributed by atoms with E-state index < -0.39 is 0 Å². The van der Waals surface area contributed by atoms with E-state index in [9.17, 15) is 4.79 Å². The highest BCUT2D eigenvalue weighted by molar-refractivity contribution is 5.88. The number of hydrogen-bond acceptors (Lipinski definition) is 2. The molecular weight excluding hydrogens is 236 g/mol. The van der Waals surface area contributed by atoms with E-state index in [1.165, 1.54) is 25.3 Å². The van der Waals surface area contributed by atoms with Crippen molar-refractivity contribution < 1.29 is 4.79 Å². The molecule has 0 bridgehead atoms. The molecule has 0 radical (unpaired) electrons. The predicted molar refractivity (Wildman–Crippen MR) is 79.0 cm³/mol. The molecule has 1 aromatic rings. The maximum Gasteiger partial charge on any atom is 0.221 e. The number of carbonyl (C=O) groups excluding carboxylic acids is 1. The fourth-order valence-electron chi connectivity index (χ4n) is 2.48. The van der Waals surface area contributed by atoms with Gasteiger partial charge in [0.2, 0.25) is 5.91 Å². The number of carbonyl (C=O) groups is 1. The normalized spacial score (nSPS) is 16.4. The molecule has 3 heteroatoms. The van der Waals surface area contributed by atoms with Gasteiger partial charge in [-0.15, -0.1) is 0 Å². The van der Waals surface area contributed by atoms with Gasteiger partial charge in [-0.25, -0.2) is 0 Å². The molecule has 1 aliphatic rings. The second-order valence-electron chi connectivity index (χ2n) is 6.00. The molecule has 3 nitrogen and oxygen atoms in total. The third-order valence-electron chi connectivity index (χ3n) is 4.20. The highest BCUT2D eigenvalue weighted by Crippen LogP contribution is 2.51. The maximum absolute atomic E-state index is 10.9. The summed E-state index contributed by atoms with van der Waals surface area (Å²) >= 11 is 0. The number of rotatable bonds is 6. The monoisotopic (exact) mass is 260 g/mol. The van der Waals surface area contributed by atoms with Crippen molar-refractivity contribution in [3.05, 3.63) is 29.8 Å². The zero-order valence-electron chi connectivity index (χ0n) is 12.1. The van der Waals surface area contributed by atoms with Gasteiger partial charge in [-0.2, -0.15) is 0 Å². The van der Waals surface area contributed by atoms with Crippen molar-refractivity contribution >= 4 is 11.6 Å². The molecule has 0 saturated heterocycles. The molecule has 1 fully saturated rings. The van der Waals surface area contributed by atoms with Crippen molar-refractivity contribution in [2.75, 3.05) is 11.9 Å². The van der Waals surface area contributed by atoms with Gasteiger partial charge in [0.25, 0.3) is 0 Å². The largest absolute Gasteiger partial charge is 0.326 e. The lowest BCUT2D eigenvalue weighted by Crippen LogP contribution is -2.27. The quantitative estimate of drug-likeness (QED) is 0.825. The second kappa shape index (κ2) is 5.74. The zero-order chi connectivity index (χ0) is 13.9. The van der Waals surface area contributed by atoms with Crippen molar-refractivity contribution in [3.63, 3.8) is 0 Å². The molecule has 0 spiro atoms. The highest BCUT2D eigenvalue weighted by atomic mass is 16.1. The summed E-state index contributed by atoms with van der Waals surface area (Å²) in [6.07, 6.45) is 2.72. The number of anilines is 1. The minimum Gasteiger partial charge on any atom is -0.326 e. The van der Waals surface area contributed by atoms with Crippen molar-refractivity contribution in [1.82, 2.24) is 5.32 Å². The molecule has 104 valence electrons. The molecule has 1 aromatic carbocycles. The van der Waals surface area contributed by atoms with Gasteiger partial charge in [0.1, 0.15) is 0 Å². The molecule has 0 atom stereocenters. The number of benzene rings is 1. The Hall–Kier alpha value is -1.35. The molecule has 0 unspecified atom stereocenters. The van der Waals surface area contributed by atoms with Gasteiger partial charge in [0.05, 0.1) is 0 Å². The van der Waals surface area contributed by atoms with Crippen molar-refractivity contribution in [3.8, 4) is 0 Å². The summed E-state index contributed by atoms with van der Waals surface area (Å²) in [6.45, 7) is 8.16. The van der Waals surface area contributed by atoms with Crippen molar-refractivity contribution in [2.45, 2.75) is 40.2 Å². The van der Waals surface area contributed by atoms with E-state index in [4.69, 9.17) is 0 Å². The Labute approximate surface area is 115 Å². The van der Waals surface area contributed by atoms with Gasteiger partial charge in [-0.1, -0.05) is 26.0 Å². The molecule has 0 aliphatic heterocycles. The lowest BCUT2D eigenvalue weighted by molar-refractivity contribution is -0.114. The molecule has 19 heavy (non-hydrogen) atoms. The molecule has 0 heterocycles. The van der Waals surface area contributed by atoms with Gasteiger partial charge in [0.15, 0.2) is 0 Å². The van der Waals surface area contributed by atoms with Crippen LogP contribution in [0.3, 0.4) is 0 Å². The van der Waals surface area contributed by atoms with Gasteiger partial charge in [-0.3, -0.25) is 4.79 Å². The molecule has 2 rings (SSSR count). The minimum absolute atomic E-state index is 0.0292. The molecule has 1 aliphatic carbocycles. The lowest BCUT2D eigenvalue weighted by atomic mass is 9.92. The average Bonchev–Trinajstić information content (AvgIpc) is 3.12. The fraction of sp³-hybridized carbons (Fsp3) is 0.562. The highest BCUT2D eigenvalue weighted by Gasteiger charge is 2.44. The van der Waals surface area contributed by atoms with Crippen LogP contribution in [0.15, 0.2) is 24.3 Å². The minimum atomic E-state index is -0.0292. The van der Waals surface area contributed by atoms with Gasteiger partial charge in [0, 0.05) is 25.7 Å². The summed E-state index contributed by atoms with van der Waals surface area (Å²) in [4.78, 5) is 10.9. The Morgan fingerprint density at radius 1 is 1.26 bits per heavy atom. The van der Waals surface area contributed by atoms with Crippen LogP contribution in [-0.4, -0.2) is 12.5 Å². The third kappa shape index (κ3) is 3.80. The Morgan fingerprint density at radius 2 is 1.89 bits per heavy atom. The van der Waals surface area contributed by atoms with E-state index in [1.54, 1.807) is 0 Å². The number of hydrogen-bond donors (Lipinski definition) is 2. The van der Waals surface area contributed by atoms with Gasteiger partial charge in [-0.05, 0) is 41.9 Å². The molecule has 1 amide bonds. The first-order chi connectivity index (χ1) is 9.02. The van der Waals surface area contributed by atoms with E-state index in [0.717, 1.165) is 24.7 Å². The zero-order valence-corrected chi connectivity index (χ0v) is 12.1. The van der Waals surface area contributed by atoms with Crippen molar-refractivity contribution in [2.24, 2.45) is 11.3 Å². The molecule has 0 aromatic heterocycles. The predicted octanol–water partition coefficient (Wildman–Crippen LogP) is 3.17. The summed E-state index contributed by atoms with van der Waals surface area (Å²) in [6, 6.07) is 8.03. The van der Waals surface area contributed by atoms with Crippen LogP contribution in [0.2, 0.25) is 0 Å². The Morgan fingerprint density at radius 3 is 2.37 bits per heavy atom. The Kier molecular flexibility index (Phi) is 4.25. The first-order valence-electron chi connectivity index (χ1n) is 7.09. The van der Waals surface area contributed by atoms with E-state index >= 15 is 0 Å². The van der Waals surface area contributed by atoms with E-state index in [-0.39, 0.29) is 5.91 Å². The molecule has 1 saturated carbocycles. The molecular formula is C16H24N2O. The number of nitrogens with one attached hydrogen (secondary N) is 2. The average molecular weight is 260 g/mol. The summed E-state index contributed by atoms with van der Waals surface area (Å²) in [7, 11) is 0. The topological polar surface area (TPSA) is 41.1 Å². The van der Waals surface area contributed by atoms with Crippen LogP contribution in [0.5, 0.6) is 0 Å². The summed E-state index contributed by atoms with van der Waals surface area (Å²) in [5, 5.41) is 6.34. The van der Waals surface area contributed by atoms with Crippen LogP contribution in [-0.2, 0) is 11.3 Å². The van der Waals surface area contributed by atoms with E-state index in [0.29, 0.717) is 5.41 Å². The van der Waals surface area contributed by atoms with Crippen LogP contribution >= 0.6 is 0 Å². The van der Waals surface area contributed by atoms with Crippen LogP contribution in [0.4, 0.5) is 5.69 Å². The first kappa shape index (κ1) is 14.1. The summed E-state index contributed by atoms with van der Waals surface area (Å²) in [5.41, 5.74) is 2.67. The third-order valence-corrected chi connectivity index (χ3v) is 4.20. The standard InChI is InChI=1S/C16H24N2O/c1-12(2)16(8-9-16)11-17-10-14-4-6-15(7-5-14)18-13(3)19/h4-7,12,17H,8-11H2,1-3H3,(H,18,19). The van der Waals surface area contributed by atoms with Crippen molar-refractivity contribution in [1.29, 1.82) is 0 Å². The first-order valence-corrected chi connectivity index (χ1v) is 7.09. The Balaban J connectivity index is 1.79. The van der Waals surface area contributed by atoms with Gasteiger partial charge >= 0.3 is 0 Å². The molecule has 2 N–H and O–H groups in total. The Bertz CT molecular complexity index is 433. The van der Waals surface area contributed by atoms with Crippen LogP contribution in [0.25, 0.3) is 0 Å². The van der Waals surface area contributed by atoms with Gasteiger partial charge < -0.3 is 10.6 Å². The summed E-state index contributed by atoms with van der Waals surface area (Å²) in [5.74, 6) is 0.737. The second-order valence-corrected chi connectivity index (χ2v) is 6.00. The van der Waals surface area contributed by atoms with Crippen LogP contribution < -0.4 is 10.6 Å². The fourth-order valence-corrected chi connectivity index (χ4v) is 2.48. The number of amides is 1. The smallest absolute Gasteiger partial charge is 0.221 e. The van der Waals surface area contributed by atoms with Crippen LogP contribution in [0, 0.1) is 11.3 Å². The van der Waals surface area contributed by atoms with E-state index in [2.05, 4.69) is 36.6 Å². The lowest BCUT2D eigenvalue weighted by Gasteiger charge is -2.20. The SMILES string of the molecule is CC(=O)Nc1ccc(CNCC2(C(C)C)CC2)cc1. The summed E-state index contributed by atoms with van der Waals surface area (Å²) < 4.78 is 0. The maximum atomic E-state index is 10.9. The van der Waals surface area contributed by atoms with Crippen LogP contribution in [0.1, 0.15) is 39.2 Å². The van der Waals surface area contributed by atoms with E-state index in [1.807, 2.05) is 12.1 Å².